The van der Waals surface area contributed by atoms with Gasteiger partial charge >= 0.3 is 6.03 Å². The van der Waals surface area contributed by atoms with Crippen LogP contribution >= 0.6 is 0 Å². The Balaban J connectivity index is 1.75. The van der Waals surface area contributed by atoms with Gasteiger partial charge in [-0.05, 0) is 31.1 Å². The minimum absolute atomic E-state index is 0.169. The van der Waals surface area contributed by atoms with Crippen LogP contribution in [0.1, 0.15) is 39.5 Å². The Morgan fingerprint density at radius 2 is 2.33 bits per heavy atom. The first kappa shape index (κ1) is 10.8. The lowest BCUT2D eigenvalue weighted by atomic mass is 10.0. The zero-order valence-electron chi connectivity index (χ0n) is 9.83. The van der Waals surface area contributed by atoms with E-state index in [1.165, 1.54) is 19.3 Å². The van der Waals surface area contributed by atoms with Crippen LogP contribution in [0.3, 0.4) is 0 Å². The van der Waals surface area contributed by atoms with E-state index in [2.05, 4.69) is 19.2 Å². The van der Waals surface area contributed by atoms with Gasteiger partial charge in [0.15, 0.2) is 0 Å². The van der Waals surface area contributed by atoms with Crippen LogP contribution in [-0.4, -0.2) is 30.1 Å². The Bertz CT molecular complexity index is 242. The zero-order chi connectivity index (χ0) is 10.8. The van der Waals surface area contributed by atoms with E-state index in [1.54, 1.807) is 0 Å². The monoisotopic (exact) mass is 210 g/mol. The van der Waals surface area contributed by atoms with Crippen LogP contribution in [0.4, 0.5) is 4.79 Å². The van der Waals surface area contributed by atoms with Crippen LogP contribution in [0.25, 0.3) is 0 Å². The summed E-state index contributed by atoms with van der Waals surface area (Å²) < 4.78 is 0. The first-order valence-electron chi connectivity index (χ1n) is 6.26. The molecule has 0 aromatic heterocycles. The fourth-order valence-corrected chi connectivity index (χ4v) is 2.50. The molecular formula is C12H22N2O. The Morgan fingerprint density at radius 1 is 1.53 bits per heavy atom. The number of amides is 2. The second-order valence-electron chi connectivity index (χ2n) is 5.15. The first-order chi connectivity index (χ1) is 7.20. The van der Waals surface area contributed by atoms with Crippen molar-refractivity contribution in [2.24, 2.45) is 11.8 Å². The molecule has 2 aliphatic rings. The van der Waals surface area contributed by atoms with E-state index < -0.39 is 0 Å². The minimum atomic E-state index is 0.169. The van der Waals surface area contributed by atoms with Crippen LogP contribution < -0.4 is 5.32 Å². The fourth-order valence-electron chi connectivity index (χ4n) is 2.50. The summed E-state index contributed by atoms with van der Waals surface area (Å²) in [5.74, 6) is 1.42. The maximum atomic E-state index is 11.9. The molecule has 0 radical (unpaired) electrons. The van der Waals surface area contributed by atoms with Gasteiger partial charge in [-0.3, -0.25) is 0 Å². The van der Waals surface area contributed by atoms with Gasteiger partial charge in [-0.2, -0.15) is 0 Å². The highest BCUT2D eigenvalue weighted by Crippen LogP contribution is 2.33. The number of carbonyl (C=O) groups is 1. The summed E-state index contributed by atoms with van der Waals surface area (Å²) in [5, 5.41) is 3.13. The van der Waals surface area contributed by atoms with Crippen LogP contribution in [0.5, 0.6) is 0 Å². The number of hydrogen-bond acceptors (Lipinski definition) is 1. The van der Waals surface area contributed by atoms with Gasteiger partial charge in [0.25, 0.3) is 0 Å². The molecule has 1 aliphatic heterocycles. The number of likely N-dealkylation sites (tertiary alicyclic amines) is 1. The van der Waals surface area contributed by atoms with E-state index >= 15 is 0 Å². The van der Waals surface area contributed by atoms with E-state index in [9.17, 15) is 4.79 Å². The van der Waals surface area contributed by atoms with Crippen molar-refractivity contribution in [3.8, 4) is 0 Å². The summed E-state index contributed by atoms with van der Waals surface area (Å²) in [6, 6.07) is 0.641. The quantitative estimate of drug-likeness (QED) is 0.744. The molecule has 2 fully saturated rings. The minimum Gasteiger partial charge on any atom is -0.335 e. The number of hydrogen-bond donors (Lipinski definition) is 1. The summed E-state index contributed by atoms with van der Waals surface area (Å²) in [6.45, 7) is 6.31. The number of urea groups is 1. The molecule has 15 heavy (non-hydrogen) atoms. The second kappa shape index (κ2) is 4.42. The number of nitrogens with zero attached hydrogens (tertiary/aromatic N) is 1. The van der Waals surface area contributed by atoms with E-state index in [1.807, 2.05) is 4.90 Å². The molecule has 0 bridgehead atoms. The summed E-state index contributed by atoms with van der Waals surface area (Å²) in [5.41, 5.74) is 0. The Kier molecular flexibility index (Phi) is 3.17. The van der Waals surface area contributed by atoms with Crippen LogP contribution in [0, 0.1) is 11.8 Å². The first-order valence-corrected chi connectivity index (χ1v) is 6.26. The standard InChI is InChI=1S/C12H22N2O/c1-3-10-7-11(10)13-12(15)14-6-4-5-9(2)8-14/h9-11H,3-8H2,1-2H3,(H,13,15). The molecule has 3 unspecified atom stereocenters. The van der Waals surface area contributed by atoms with Gasteiger partial charge in [-0.1, -0.05) is 20.3 Å². The molecule has 3 nitrogen and oxygen atoms in total. The van der Waals surface area contributed by atoms with Crippen molar-refractivity contribution in [3.05, 3.63) is 0 Å². The van der Waals surface area contributed by atoms with Crippen LogP contribution in [-0.2, 0) is 0 Å². The van der Waals surface area contributed by atoms with Crippen molar-refractivity contribution >= 4 is 6.03 Å². The molecule has 0 aromatic rings. The largest absolute Gasteiger partial charge is 0.335 e. The number of rotatable bonds is 2. The third kappa shape index (κ3) is 2.64. The third-order valence-electron chi connectivity index (χ3n) is 3.70. The molecule has 1 saturated heterocycles. The van der Waals surface area contributed by atoms with E-state index in [0.29, 0.717) is 12.0 Å². The highest BCUT2D eigenvalue weighted by molar-refractivity contribution is 5.75. The molecule has 0 aromatic carbocycles. The molecule has 0 spiro atoms. The number of nitrogens with one attached hydrogen (secondary N) is 1. The fraction of sp³-hybridized carbons (Fsp3) is 0.917. The summed E-state index contributed by atoms with van der Waals surface area (Å²) in [4.78, 5) is 13.9. The van der Waals surface area contributed by atoms with E-state index in [-0.39, 0.29) is 6.03 Å². The molecular weight excluding hydrogens is 188 g/mol. The van der Waals surface area contributed by atoms with Crippen molar-refractivity contribution in [1.82, 2.24) is 10.2 Å². The van der Waals surface area contributed by atoms with E-state index in [0.717, 1.165) is 25.4 Å². The highest BCUT2D eigenvalue weighted by Gasteiger charge is 2.37. The molecule has 1 saturated carbocycles. The van der Waals surface area contributed by atoms with Gasteiger partial charge < -0.3 is 10.2 Å². The molecule has 1 aliphatic carbocycles. The molecule has 3 heteroatoms. The number of carbonyl (C=O) groups excluding carboxylic acids is 1. The second-order valence-corrected chi connectivity index (χ2v) is 5.15. The van der Waals surface area contributed by atoms with Crippen molar-refractivity contribution in [3.63, 3.8) is 0 Å². The average Bonchev–Trinajstić information content (AvgIpc) is 2.96. The maximum Gasteiger partial charge on any atom is 0.317 e. The topological polar surface area (TPSA) is 32.3 Å². The SMILES string of the molecule is CCC1CC1NC(=O)N1CCCC(C)C1. The van der Waals surface area contributed by atoms with Gasteiger partial charge in [0.1, 0.15) is 0 Å². The lowest BCUT2D eigenvalue weighted by Crippen LogP contribution is -2.46. The van der Waals surface area contributed by atoms with Crippen LogP contribution in [0.2, 0.25) is 0 Å². The van der Waals surface area contributed by atoms with E-state index in [4.69, 9.17) is 0 Å². The van der Waals surface area contributed by atoms with Gasteiger partial charge in [0.05, 0.1) is 0 Å². The predicted molar refractivity (Wildman–Crippen MR) is 60.7 cm³/mol. The van der Waals surface area contributed by atoms with Gasteiger partial charge in [0.2, 0.25) is 0 Å². The van der Waals surface area contributed by atoms with Gasteiger partial charge in [0, 0.05) is 19.1 Å². The summed E-state index contributed by atoms with van der Waals surface area (Å²) in [6.07, 6.45) is 4.81. The molecule has 3 atom stereocenters. The van der Waals surface area contributed by atoms with Crippen LogP contribution in [0.15, 0.2) is 0 Å². The zero-order valence-corrected chi connectivity index (χ0v) is 9.83. The Morgan fingerprint density at radius 3 is 2.93 bits per heavy atom. The number of piperidine rings is 1. The third-order valence-corrected chi connectivity index (χ3v) is 3.70. The van der Waals surface area contributed by atoms with Gasteiger partial charge in [-0.25, -0.2) is 4.79 Å². The summed E-state index contributed by atoms with van der Waals surface area (Å²) in [7, 11) is 0. The molecule has 1 N–H and O–H groups in total. The van der Waals surface area contributed by atoms with Crippen molar-refractivity contribution in [2.75, 3.05) is 13.1 Å². The van der Waals surface area contributed by atoms with Crippen molar-refractivity contribution in [2.45, 2.75) is 45.6 Å². The Hall–Kier alpha value is -0.730. The van der Waals surface area contributed by atoms with Gasteiger partial charge in [-0.15, -0.1) is 0 Å². The molecule has 86 valence electrons. The normalized spacial score (nSPS) is 35.1. The molecule has 2 rings (SSSR count). The van der Waals surface area contributed by atoms with Crippen molar-refractivity contribution < 1.29 is 4.79 Å². The Labute approximate surface area is 92.2 Å². The lowest BCUT2D eigenvalue weighted by molar-refractivity contribution is 0.169. The van der Waals surface area contributed by atoms with Crippen molar-refractivity contribution in [1.29, 1.82) is 0 Å². The smallest absolute Gasteiger partial charge is 0.317 e. The predicted octanol–water partition coefficient (Wildman–Crippen LogP) is 2.23. The highest BCUT2D eigenvalue weighted by atomic mass is 16.2. The molecule has 1 heterocycles. The molecule has 2 amide bonds. The lowest BCUT2D eigenvalue weighted by Gasteiger charge is -2.31. The maximum absolute atomic E-state index is 11.9. The summed E-state index contributed by atoms with van der Waals surface area (Å²) >= 11 is 0. The average molecular weight is 210 g/mol.